The highest BCUT2D eigenvalue weighted by atomic mass is 35.5. The molecule has 0 atom stereocenters. The average Bonchev–Trinajstić information content (AvgIpc) is 2.82. The molecular formula is C62H61Cl5N12O8. The zero-order valence-corrected chi connectivity index (χ0v) is 51.9. The van der Waals surface area contributed by atoms with Gasteiger partial charge in [0.05, 0.1) is 51.2 Å². The largest absolute Gasteiger partial charge is 0.495 e. The van der Waals surface area contributed by atoms with E-state index in [-0.39, 0.29) is 28.2 Å². The first-order valence-corrected chi connectivity index (χ1v) is 28.5. The first-order valence-electron chi connectivity index (χ1n) is 26.7. The van der Waals surface area contributed by atoms with Crippen LogP contribution in [0.1, 0.15) is 22.5 Å². The molecule has 452 valence electrons. The Morgan fingerprint density at radius 2 is 1.00 bits per heavy atom. The van der Waals surface area contributed by atoms with Crippen LogP contribution in [0.25, 0.3) is 22.5 Å². The van der Waals surface area contributed by atoms with Crippen LogP contribution in [0.2, 0.25) is 20.1 Å². The number of hydrogen-bond acceptors (Lipinski definition) is 19. The number of halogens is 5. The number of aromatic nitrogens is 6. The zero-order valence-electron chi connectivity index (χ0n) is 48.2. The van der Waals surface area contributed by atoms with Crippen LogP contribution in [-0.2, 0) is 22.4 Å². The number of nitrogens with two attached hydrogens (primary N) is 1. The molecular weight excluding hydrogens is 1220 g/mol. The van der Waals surface area contributed by atoms with E-state index >= 15 is 0 Å². The summed E-state index contributed by atoms with van der Waals surface area (Å²) in [6.07, 6.45) is 9.87. The van der Waals surface area contributed by atoms with E-state index in [9.17, 15) is 9.59 Å². The number of nitrogens with zero attached hydrogens (tertiary/aromatic N) is 8. The topological polar surface area (TPSA) is 235 Å². The molecule has 1 amide bonds. The summed E-state index contributed by atoms with van der Waals surface area (Å²) in [6, 6.07) is 25.9. The van der Waals surface area contributed by atoms with E-state index < -0.39 is 5.24 Å². The third-order valence-corrected chi connectivity index (χ3v) is 15.1. The molecule has 2 aliphatic heterocycles. The summed E-state index contributed by atoms with van der Waals surface area (Å²) in [5.41, 5.74) is 14.5. The molecule has 0 spiro atoms. The zero-order chi connectivity index (χ0) is 62.3. The van der Waals surface area contributed by atoms with E-state index in [4.69, 9.17) is 92.2 Å². The molecule has 0 radical (unpaired) electrons. The van der Waals surface area contributed by atoms with Gasteiger partial charge < -0.3 is 50.1 Å². The van der Waals surface area contributed by atoms with Gasteiger partial charge in [-0.25, -0.2) is 29.9 Å². The van der Waals surface area contributed by atoms with Gasteiger partial charge in [0.15, 0.2) is 0 Å². The normalized spacial score (nSPS) is 13.0. The summed E-state index contributed by atoms with van der Waals surface area (Å²) < 4.78 is 33.6. The first-order chi connectivity index (χ1) is 41.9. The Labute approximate surface area is 528 Å². The van der Waals surface area contributed by atoms with Gasteiger partial charge in [-0.3, -0.25) is 19.4 Å². The number of carbonyl (C=O) groups is 2. The number of likely N-dealkylation sites (tertiary alicyclic amines) is 2. The summed E-state index contributed by atoms with van der Waals surface area (Å²) in [5.74, 6) is 3.72. The molecule has 20 nitrogen and oxygen atoms in total. The van der Waals surface area contributed by atoms with Gasteiger partial charge in [0.2, 0.25) is 11.1 Å². The second-order valence-corrected chi connectivity index (χ2v) is 21.4. The summed E-state index contributed by atoms with van der Waals surface area (Å²) in [6.45, 7) is 10.2. The van der Waals surface area contributed by atoms with Crippen LogP contribution in [0.3, 0.4) is 0 Å². The van der Waals surface area contributed by atoms with Crippen LogP contribution in [0.4, 0.5) is 34.4 Å². The summed E-state index contributed by atoms with van der Waals surface area (Å²) in [5, 5.41) is 10.0. The van der Waals surface area contributed by atoms with E-state index in [1.165, 1.54) is 47.2 Å². The highest BCUT2D eigenvalue weighted by molar-refractivity contribution is 6.66. The van der Waals surface area contributed by atoms with Crippen LogP contribution in [-0.4, -0.2) is 132 Å². The maximum absolute atomic E-state index is 12.2. The Bertz CT molecular complexity index is 3740. The van der Waals surface area contributed by atoms with Crippen molar-refractivity contribution in [1.29, 1.82) is 0 Å². The standard InChI is InChI=1S/C31H30Cl2N6O4.C28H28Cl2N6O3.C3H3ClO/c1-5-27(40)37-23-13-20(43-21-15-39(2)16-21)9-8-18(23)11-19-12-24(36-17-35-19)22-7-6-10-34-31(22)38-30-28(32)25(41-3)14-26(42-4)29(30)33;1-36-13-19(14-36)39-18-7-6-16(21(31)11-18)9-17-10-22(34-15-33-17)20-5-4-8-32-28(20)35-27-25(29)23(37-2)12-24(38-3)26(27)30;1-2-3(4)5/h5-10,12-14,17,21H,1,11,15-16H2,2-4H3,(H,34,38)(H,37,40);4-8,10-12,15,19H,9,13-14,31H2,1-3H3,(H,32,35);2H,1H2. The highest BCUT2D eigenvalue weighted by Crippen LogP contribution is 2.47. The van der Waals surface area contributed by atoms with Gasteiger partial charge in [0, 0.05) is 110 Å². The summed E-state index contributed by atoms with van der Waals surface area (Å²) in [4.78, 5) is 53.1. The summed E-state index contributed by atoms with van der Waals surface area (Å²) >= 11 is 31.0. The minimum absolute atomic E-state index is 0.119. The molecule has 2 aliphatic rings. The average molecular weight is 1280 g/mol. The van der Waals surface area contributed by atoms with E-state index in [1.807, 2.05) is 73.8 Å². The van der Waals surface area contributed by atoms with Crippen molar-refractivity contribution in [2.45, 2.75) is 25.0 Å². The molecule has 0 aliphatic carbocycles. The van der Waals surface area contributed by atoms with E-state index in [2.05, 4.69) is 75.9 Å². The predicted molar refractivity (Wildman–Crippen MR) is 343 cm³/mol. The van der Waals surface area contributed by atoms with Crippen LogP contribution >= 0.6 is 58.0 Å². The molecule has 6 heterocycles. The highest BCUT2D eigenvalue weighted by Gasteiger charge is 2.27. The van der Waals surface area contributed by atoms with Gasteiger partial charge in [-0.2, -0.15) is 0 Å². The van der Waals surface area contributed by atoms with Gasteiger partial charge in [-0.1, -0.05) is 71.7 Å². The molecule has 10 rings (SSSR count). The molecule has 4 aromatic heterocycles. The van der Waals surface area contributed by atoms with Crippen molar-refractivity contribution in [3.63, 3.8) is 0 Å². The van der Waals surface area contributed by atoms with Crippen molar-refractivity contribution in [2.24, 2.45) is 0 Å². The molecule has 8 aromatic rings. The Morgan fingerprint density at radius 1 is 0.586 bits per heavy atom. The third-order valence-electron chi connectivity index (χ3n) is 13.5. The maximum Gasteiger partial charge on any atom is 0.247 e. The van der Waals surface area contributed by atoms with Crippen molar-refractivity contribution >= 4 is 104 Å². The number of amides is 1. The van der Waals surface area contributed by atoms with Crippen LogP contribution < -0.4 is 50.1 Å². The lowest BCUT2D eigenvalue weighted by molar-refractivity contribution is -0.112. The van der Waals surface area contributed by atoms with Crippen LogP contribution in [0.5, 0.6) is 34.5 Å². The second-order valence-electron chi connectivity index (χ2n) is 19.6. The Kier molecular flexibility index (Phi) is 22.4. The number of carbonyl (C=O) groups excluding carboxylic acids is 2. The fourth-order valence-corrected chi connectivity index (χ4v) is 10.2. The number of ether oxygens (including phenoxy) is 6. The SMILES string of the molecule is C=CC(=O)Cl.C=CC(=O)Nc1cc(OC2CN(C)C2)ccc1Cc1cc(-c2cccnc2Nc2c(Cl)c(OC)cc(OC)c2Cl)ncn1.COc1cc(OC)c(Cl)c(Nc2ncccc2-c2cc(Cc3ccc(OC4CN(C)C4)cc3N)ncn2)c1Cl. The van der Waals surface area contributed by atoms with E-state index in [1.54, 1.807) is 30.6 Å². The number of anilines is 6. The van der Waals surface area contributed by atoms with Crippen LogP contribution in [0.15, 0.2) is 135 Å². The second kappa shape index (κ2) is 30.2. The number of pyridine rings is 2. The lowest BCUT2D eigenvalue weighted by Gasteiger charge is -2.36. The van der Waals surface area contributed by atoms with Crippen molar-refractivity contribution in [3.05, 3.63) is 178 Å². The number of rotatable bonds is 21. The lowest BCUT2D eigenvalue weighted by atomic mass is 10.0. The van der Waals surface area contributed by atoms with Crippen molar-refractivity contribution in [2.75, 3.05) is 90.4 Å². The molecule has 0 bridgehead atoms. The fraction of sp³-hybridized carbons (Fsp3) is 0.226. The van der Waals surface area contributed by atoms with Crippen molar-refractivity contribution in [1.82, 2.24) is 39.7 Å². The number of likely N-dealkylation sites (N-methyl/N-ethyl adjacent to an activating group) is 2. The quantitative estimate of drug-likeness (QED) is 0.0297. The van der Waals surface area contributed by atoms with Gasteiger partial charge in [-0.05, 0) is 97.5 Å². The minimum atomic E-state index is -0.509. The molecule has 2 fully saturated rings. The Hall–Kier alpha value is -8.47. The predicted octanol–water partition coefficient (Wildman–Crippen LogP) is 12.4. The number of nitrogens with one attached hydrogen (secondary N) is 3. The van der Waals surface area contributed by atoms with Crippen molar-refractivity contribution in [3.8, 4) is 57.0 Å². The van der Waals surface area contributed by atoms with E-state index in [0.717, 1.165) is 66.1 Å². The lowest BCUT2D eigenvalue weighted by Crippen LogP contribution is -2.51. The molecule has 0 saturated carbocycles. The monoisotopic (exact) mass is 1280 g/mol. The number of benzene rings is 4. The van der Waals surface area contributed by atoms with Crippen molar-refractivity contribution < 1.29 is 38.0 Å². The first kappa shape index (κ1) is 64.5. The van der Waals surface area contributed by atoms with E-state index in [0.29, 0.717) is 103 Å². The maximum atomic E-state index is 12.2. The molecule has 4 aromatic carbocycles. The molecule has 25 heteroatoms. The number of allylic oxidation sites excluding steroid dienone is 1. The van der Waals surface area contributed by atoms with Gasteiger partial charge in [0.25, 0.3) is 0 Å². The number of nitrogen functional groups attached to an aromatic ring is 1. The Balaban J connectivity index is 0.000000210. The number of methoxy groups -OCH3 is 4. The Morgan fingerprint density at radius 3 is 1.39 bits per heavy atom. The molecule has 5 N–H and O–H groups in total. The smallest absolute Gasteiger partial charge is 0.247 e. The number of hydrogen-bond donors (Lipinski definition) is 4. The molecule has 0 unspecified atom stereocenters. The molecule has 2 saturated heterocycles. The van der Waals surface area contributed by atoms with Gasteiger partial charge in [-0.15, -0.1) is 0 Å². The van der Waals surface area contributed by atoms with Gasteiger partial charge in [0.1, 0.15) is 91.1 Å². The fourth-order valence-electron chi connectivity index (χ4n) is 9.03. The minimum Gasteiger partial charge on any atom is -0.495 e. The molecule has 87 heavy (non-hydrogen) atoms. The summed E-state index contributed by atoms with van der Waals surface area (Å²) in [7, 11) is 10.2. The third kappa shape index (κ3) is 16.5. The van der Waals surface area contributed by atoms with Crippen LogP contribution in [0, 0.1) is 0 Å². The van der Waals surface area contributed by atoms with Gasteiger partial charge >= 0.3 is 0 Å².